The number of nitrogens with two attached hydrogens (primary N) is 1. The van der Waals surface area contributed by atoms with Gasteiger partial charge in [0.05, 0.1) is 6.04 Å². The van der Waals surface area contributed by atoms with Crippen molar-refractivity contribution < 1.29 is 4.21 Å². The quantitative estimate of drug-likeness (QED) is 0.829. The highest BCUT2D eigenvalue weighted by molar-refractivity contribution is 9.10. The van der Waals surface area contributed by atoms with E-state index in [-0.39, 0.29) is 6.04 Å². The minimum atomic E-state index is -0.693. The van der Waals surface area contributed by atoms with Gasteiger partial charge in [0.2, 0.25) is 0 Å². The van der Waals surface area contributed by atoms with E-state index in [1.54, 1.807) is 0 Å². The number of nitrogen functional groups attached to an aromatic ring is 1. The number of hydrogen-bond donors (Lipinski definition) is 1. The van der Waals surface area contributed by atoms with E-state index >= 15 is 0 Å². The summed E-state index contributed by atoms with van der Waals surface area (Å²) in [5.41, 5.74) is 7.39. The number of nitrogens with zero attached hydrogens (tertiary/aromatic N) is 4. The van der Waals surface area contributed by atoms with Gasteiger partial charge in [0.25, 0.3) is 0 Å². The molecule has 2 N–H and O–H groups in total. The van der Waals surface area contributed by atoms with E-state index in [2.05, 4.69) is 31.5 Å². The maximum absolute atomic E-state index is 11.5. The van der Waals surface area contributed by atoms with Gasteiger partial charge in [0.15, 0.2) is 5.82 Å². The first-order chi connectivity index (χ1) is 9.65. The largest absolute Gasteiger partial charge is 0.399 e. The molecule has 1 aliphatic heterocycles. The third-order valence-corrected chi connectivity index (χ3v) is 5.50. The molecule has 20 heavy (non-hydrogen) atoms. The smallest absolute Gasteiger partial charge is 0.183 e. The standard InChI is InChI=1S/C12H14BrN5OS/c13-11-2-1-8(14)7-10(11)12-15-16-17-18(12)9-3-5-20(19)6-4-9/h1-2,7,9H,3-6,14H2. The molecule has 2 heterocycles. The topological polar surface area (TPSA) is 86.7 Å². The van der Waals surface area contributed by atoms with Crippen molar-refractivity contribution in [3.8, 4) is 11.4 Å². The van der Waals surface area contributed by atoms with Crippen LogP contribution >= 0.6 is 15.9 Å². The molecule has 0 aliphatic carbocycles. The number of aromatic nitrogens is 4. The summed E-state index contributed by atoms with van der Waals surface area (Å²) < 4.78 is 14.2. The van der Waals surface area contributed by atoms with Crippen LogP contribution in [0, 0.1) is 0 Å². The lowest BCUT2D eigenvalue weighted by atomic mass is 10.1. The van der Waals surface area contributed by atoms with E-state index in [4.69, 9.17) is 5.73 Å². The minimum absolute atomic E-state index is 0.200. The highest BCUT2D eigenvalue weighted by Crippen LogP contribution is 2.31. The molecule has 1 aromatic heterocycles. The van der Waals surface area contributed by atoms with Crippen LogP contribution in [0.5, 0.6) is 0 Å². The molecule has 1 aliphatic rings. The maximum atomic E-state index is 11.5. The normalized spacial score (nSPS) is 22.9. The number of benzene rings is 1. The molecular formula is C12H14BrN5OS. The summed E-state index contributed by atoms with van der Waals surface area (Å²) in [7, 11) is -0.693. The number of halogens is 1. The third-order valence-electron chi connectivity index (χ3n) is 3.43. The van der Waals surface area contributed by atoms with Gasteiger partial charge in [0.1, 0.15) is 0 Å². The molecule has 0 unspecified atom stereocenters. The highest BCUT2D eigenvalue weighted by Gasteiger charge is 2.24. The Balaban J connectivity index is 1.97. The van der Waals surface area contributed by atoms with Crippen LogP contribution in [-0.4, -0.2) is 35.9 Å². The van der Waals surface area contributed by atoms with Crippen molar-refractivity contribution in [3.05, 3.63) is 22.7 Å². The van der Waals surface area contributed by atoms with Crippen LogP contribution < -0.4 is 5.73 Å². The third kappa shape index (κ3) is 2.62. The van der Waals surface area contributed by atoms with Gasteiger partial charge in [-0.25, -0.2) is 4.68 Å². The first-order valence-corrected chi connectivity index (χ1v) is 8.61. The lowest BCUT2D eigenvalue weighted by Crippen LogP contribution is -2.23. The molecule has 3 rings (SSSR count). The van der Waals surface area contributed by atoms with Crippen molar-refractivity contribution in [1.29, 1.82) is 0 Å². The molecule has 0 amide bonds. The molecule has 8 heteroatoms. The Morgan fingerprint density at radius 2 is 2.10 bits per heavy atom. The van der Waals surface area contributed by atoms with Gasteiger partial charge >= 0.3 is 0 Å². The van der Waals surface area contributed by atoms with Crippen LogP contribution in [0.4, 0.5) is 5.69 Å². The second kappa shape index (κ2) is 5.61. The Labute approximate surface area is 127 Å². The van der Waals surface area contributed by atoms with E-state index in [1.165, 1.54) is 0 Å². The first kappa shape index (κ1) is 13.7. The van der Waals surface area contributed by atoms with Crippen molar-refractivity contribution >= 4 is 32.4 Å². The molecule has 0 atom stereocenters. The lowest BCUT2D eigenvalue weighted by molar-refractivity contribution is 0.415. The van der Waals surface area contributed by atoms with Gasteiger partial charge in [0, 0.05) is 38.0 Å². The highest BCUT2D eigenvalue weighted by atomic mass is 79.9. The first-order valence-electron chi connectivity index (χ1n) is 6.33. The predicted molar refractivity (Wildman–Crippen MR) is 81.5 cm³/mol. The monoisotopic (exact) mass is 355 g/mol. The molecule has 1 saturated heterocycles. The zero-order valence-corrected chi connectivity index (χ0v) is 13.1. The minimum Gasteiger partial charge on any atom is -0.399 e. The SMILES string of the molecule is Nc1ccc(Br)c(-c2nnnn2C2CCS(=O)CC2)c1. The Morgan fingerprint density at radius 3 is 2.85 bits per heavy atom. The van der Waals surface area contributed by atoms with Crippen LogP contribution in [0.15, 0.2) is 22.7 Å². The van der Waals surface area contributed by atoms with Crippen molar-refractivity contribution in [2.45, 2.75) is 18.9 Å². The molecule has 0 saturated carbocycles. The zero-order valence-electron chi connectivity index (χ0n) is 10.7. The lowest BCUT2D eigenvalue weighted by Gasteiger charge is -2.22. The summed E-state index contributed by atoms with van der Waals surface area (Å²) in [5.74, 6) is 2.12. The molecule has 0 spiro atoms. The Bertz CT molecular complexity index is 649. The summed E-state index contributed by atoms with van der Waals surface area (Å²) in [6.07, 6.45) is 1.68. The molecule has 1 aromatic carbocycles. The second-order valence-corrected chi connectivity index (χ2v) is 7.32. The summed E-state index contributed by atoms with van der Waals surface area (Å²) in [6.45, 7) is 0. The summed E-state index contributed by atoms with van der Waals surface area (Å²) in [5, 5.41) is 12.0. The fraction of sp³-hybridized carbons (Fsp3) is 0.417. The Hall–Kier alpha value is -1.28. The van der Waals surface area contributed by atoms with Crippen LogP contribution in [0.3, 0.4) is 0 Å². The van der Waals surface area contributed by atoms with E-state index in [0.717, 1.165) is 22.9 Å². The van der Waals surface area contributed by atoms with Gasteiger partial charge in [-0.1, -0.05) is 15.9 Å². The van der Waals surface area contributed by atoms with E-state index in [1.807, 2.05) is 22.9 Å². The van der Waals surface area contributed by atoms with Crippen LogP contribution in [0.25, 0.3) is 11.4 Å². The van der Waals surface area contributed by atoms with Gasteiger partial charge in [-0.3, -0.25) is 4.21 Å². The maximum Gasteiger partial charge on any atom is 0.183 e. The zero-order chi connectivity index (χ0) is 14.1. The molecule has 106 valence electrons. The van der Waals surface area contributed by atoms with Crippen molar-refractivity contribution in [3.63, 3.8) is 0 Å². The van der Waals surface area contributed by atoms with Gasteiger partial charge in [-0.2, -0.15) is 0 Å². The summed E-state index contributed by atoms with van der Waals surface area (Å²) in [4.78, 5) is 0. The molecular weight excluding hydrogens is 342 g/mol. The van der Waals surface area contributed by atoms with Crippen LogP contribution in [0.1, 0.15) is 18.9 Å². The number of hydrogen-bond acceptors (Lipinski definition) is 5. The average molecular weight is 356 g/mol. The number of rotatable bonds is 2. The van der Waals surface area contributed by atoms with Crippen molar-refractivity contribution in [2.24, 2.45) is 0 Å². The van der Waals surface area contributed by atoms with Crippen molar-refractivity contribution in [2.75, 3.05) is 17.2 Å². The molecule has 2 aromatic rings. The van der Waals surface area contributed by atoms with Crippen LogP contribution in [0.2, 0.25) is 0 Å². The Morgan fingerprint density at radius 1 is 1.35 bits per heavy atom. The molecule has 0 bridgehead atoms. The van der Waals surface area contributed by atoms with E-state index in [0.29, 0.717) is 23.0 Å². The average Bonchev–Trinajstić information content (AvgIpc) is 2.91. The van der Waals surface area contributed by atoms with E-state index < -0.39 is 10.8 Å². The van der Waals surface area contributed by atoms with E-state index in [9.17, 15) is 4.21 Å². The molecule has 0 radical (unpaired) electrons. The summed E-state index contributed by atoms with van der Waals surface area (Å²) >= 11 is 3.51. The fourth-order valence-corrected chi connectivity index (χ4v) is 4.06. The number of anilines is 1. The molecule has 1 fully saturated rings. The van der Waals surface area contributed by atoms with Gasteiger partial charge in [-0.05, 0) is 41.5 Å². The fourth-order valence-electron chi connectivity index (χ4n) is 2.36. The van der Waals surface area contributed by atoms with Crippen molar-refractivity contribution in [1.82, 2.24) is 20.2 Å². The number of tetrazole rings is 1. The van der Waals surface area contributed by atoms with Gasteiger partial charge < -0.3 is 5.73 Å². The predicted octanol–water partition coefficient (Wildman–Crippen LogP) is 1.77. The molecule has 6 nitrogen and oxygen atoms in total. The van der Waals surface area contributed by atoms with Crippen LogP contribution in [-0.2, 0) is 10.8 Å². The summed E-state index contributed by atoms with van der Waals surface area (Å²) in [6, 6.07) is 5.77. The Kier molecular flexibility index (Phi) is 3.84. The second-order valence-electron chi connectivity index (χ2n) is 4.77. The van der Waals surface area contributed by atoms with Gasteiger partial charge in [-0.15, -0.1) is 5.10 Å².